The maximum Gasteiger partial charge on any atom is 0.0324 e. The third kappa shape index (κ3) is 2.73. The number of benzene rings is 1. The van der Waals surface area contributed by atoms with Crippen LogP contribution in [0.5, 0.6) is 0 Å². The number of thioether (sulfide) groups is 1. The fourth-order valence-electron chi connectivity index (χ4n) is 2.29. The van der Waals surface area contributed by atoms with Crippen molar-refractivity contribution in [3.8, 4) is 0 Å². The first-order valence-electron chi connectivity index (χ1n) is 6.10. The van der Waals surface area contributed by atoms with E-state index in [2.05, 4.69) is 43.2 Å². The van der Waals surface area contributed by atoms with Crippen molar-refractivity contribution in [2.24, 2.45) is 5.84 Å². The van der Waals surface area contributed by atoms with Gasteiger partial charge in [-0.05, 0) is 24.5 Å². The van der Waals surface area contributed by atoms with Crippen LogP contribution in [0.25, 0.3) is 0 Å². The molecule has 3 heteroatoms. The van der Waals surface area contributed by atoms with Crippen molar-refractivity contribution >= 4 is 11.8 Å². The van der Waals surface area contributed by atoms with Gasteiger partial charge in [0.1, 0.15) is 0 Å². The molecule has 2 atom stereocenters. The van der Waals surface area contributed by atoms with Gasteiger partial charge in [0.25, 0.3) is 0 Å². The highest BCUT2D eigenvalue weighted by Gasteiger charge is 2.29. The molecule has 0 saturated heterocycles. The lowest BCUT2D eigenvalue weighted by Crippen LogP contribution is -2.40. The van der Waals surface area contributed by atoms with E-state index < -0.39 is 0 Å². The first-order chi connectivity index (χ1) is 8.26. The summed E-state index contributed by atoms with van der Waals surface area (Å²) in [6, 6.07) is 8.93. The lowest BCUT2D eigenvalue weighted by atomic mass is 9.89. The average Bonchev–Trinajstić information content (AvgIpc) is 2.79. The molecule has 1 heterocycles. The van der Waals surface area contributed by atoms with Crippen molar-refractivity contribution in [2.45, 2.75) is 36.6 Å². The van der Waals surface area contributed by atoms with E-state index in [4.69, 9.17) is 5.84 Å². The molecule has 0 saturated carbocycles. The molecule has 1 aromatic rings. The van der Waals surface area contributed by atoms with Gasteiger partial charge in [-0.25, -0.2) is 0 Å². The van der Waals surface area contributed by atoms with Crippen LogP contribution in [0.3, 0.4) is 0 Å². The fraction of sp³-hybridized carbons (Fsp3) is 0.429. The highest BCUT2D eigenvalue weighted by atomic mass is 32.2. The molecule has 0 aliphatic carbocycles. The van der Waals surface area contributed by atoms with Gasteiger partial charge in [0, 0.05) is 22.6 Å². The van der Waals surface area contributed by atoms with Gasteiger partial charge in [0.05, 0.1) is 0 Å². The summed E-state index contributed by atoms with van der Waals surface area (Å²) >= 11 is 1.93. The lowest BCUT2D eigenvalue weighted by molar-refractivity contribution is 0.459. The second-order valence-corrected chi connectivity index (χ2v) is 5.60. The van der Waals surface area contributed by atoms with Crippen LogP contribution in [0, 0.1) is 0 Å². The van der Waals surface area contributed by atoms with Crippen molar-refractivity contribution in [3.63, 3.8) is 0 Å². The van der Waals surface area contributed by atoms with E-state index in [9.17, 15) is 0 Å². The van der Waals surface area contributed by atoms with E-state index in [0.717, 1.165) is 18.6 Å². The van der Waals surface area contributed by atoms with Gasteiger partial charge in [0.15, 0.2) is 0 Å². The first-order valence-corrected chi connectivity index (χ1v) is 7.09. The third-order valence-corrected chi connectivity index (χ3v) is 4.65. The number of nitrogens with one attached hydrogen (secondary N) is 1. The van der Waals surface area contributed by atoms with Crippen molar-refractivity contribution in [1.82, 2.24) is 5.43 Å². The highest BCUT2D eigenvalue weighted by Crippen LogP contribution is 2.41. The molecule has 17 heavy (non-hydrogen) atoms. The third-order valence-electron chi connectivity index (χ3n) is 3.45. The minimum atomic E-state index is 0.304. The van der Waals surface area contributed by atoms with Gasteiger partial charge in [-0.15, -0.1) is 11.8 Å². The maximum atomic E-state index is 5.71. The normalized spacial score (nSPS) is 20.0. The number of rotatable bonds is 5. The molecule has 3 N–H and O–H groups in total. The Morgan fingerprint density at radius 1 is 1.59 bits per heavy atom. The van der Waals surface area contributed by atoms with Crippen molar-refractivity contribution in [1.29, 1.82) is 0 Å². The second-order valence-electron chi connectivity index (χ2n) is 4.54. The van der Waals surface area contributed by atoms with Crippen LogP contribution < -0.4 is 11.3 Å². The van der Waals surface area contributed by atoms with Gasteiger partial charge in [0.2, 0.25) is 0 Å². The van der Waals surface area contributed by atoms with Gasteiger partial charge in [-0.1, -0.05) is 37.3 Å². The summed E-state index contributed by atoms with van der Waals surface area (Å²) in [5.41, 5.74) is 5.68. The summed E-state index contributed by atoms with van der Waals surface area (Å²) in [6.07, 6.45) is 1.99. The standard InChI is InChI=1S/C14H20N2S/c1-3-10(2)8-13(16-15)12-9-17-14-7-5-4-6-11(12)14/h4-7,12-13,16H,2-3,8-9,15H2,1H3. The Morgan fingerprint density at radius 2 is 2.35 bits per heavy atom. The maximum absolute atomic E-state index is 5.71. The zero-order valence-corrected chi connectivity index (χ0v) is 11.1. The minimum Gasteiger partial charge on any atom is -0.271 e. The van der Waals surface area contributed by atoms with Gasteiger partial charge < -0.3 is 0 Å². The Kier molecular flexibility index (Phi) is 4.26. The van der Waals surface area contributed by atoms with Crippen LogP contribution in [0.15, 0.2) is 41.3 Å². The summed E-state index contributed by atoms with van der Waals surface area (Å²) in [5, 5.41) is 0. The smallest absolute Gasteiger partial charge is 0.0324 e. The zero-order chi connectivity index (χ0) is 12.3. The molecule has 0 bridgehead atoms. The predicted octanol–water partition coefficient (Wildman–Crippen LogP) is 3.06. The summed E-state index contributed by atoms with van der Waals surface area (Å²) in [5.74, 6) is 7.33. The summed E-state index contributed by atoms with van der Waals surface area (Å²) in [7, 11) is 0. The molecule has 0 spiro atoms. The molecule has 1 aliphatic heterocycles. The number of hydrogen-bond donors (Lipinski definition) is 2. The highest BCUT2D eigenvalue weighted by molar-refractivity contribution is 7.99. The average molecular weight is 248 g/mol. The molecule has 2 rings (SSSR count). The van der Waals surface area contributed by atoms with Gasteiger partial charge >= 0.3 is 0 Å². The SMILES string of the molecule is C=C(CC)CC(NN)C1CSc2ccccc21. The Balaban J connectivity index is 2.14. The molecular formula is C14H20N2S. The molecular weight excluding hydrogens is 228 g/mol. The largest absolute Gasteiger partial charge is 0.271 e. The van der Waals surface area contributed by atoms with E-state index in [1.54, 1.807) is 0 Å². The molecule has 1 aliphatic rings. The Bertz CT molecular complexity index is 403. The topological polar surface area (TPSA) is 38.0 Å². The van der Waals surface area contributed by atoms with Crippen LogP contribution in [-0.4, -0.2) is 11.8 Å². The number of nitrogens with two attached hydrogens (primary N) is 1. The summed E-state index contributed by atoms with van der Waals surface area (Å²) < 4.78 is 0. The number of fused-ring (bicyclic) bond motifs is 1. The van der Waals surface area contributed by atoms with Crippen LogP contribution in [-0.2, 0) is 0 Å². The van der Waals surface area contributed by atoms with Crippen LogP contribution in [0.2, 0.25) is 0 Å². The van der Waals surface area contributed by atoms with E-state index in [1.807, 2.05) is 11.8 Å². The lowest BCUT2D eigenvalue weighted by Gasteiger charge is -2.23. The Hall–Kier alpha value is -0.770. The molecule has 92 valence electrons. The van der Waals surface area contributed by atoms with Gasteiger partial charge in [-0.2, -0.15) is 0 Å². The second kappa shape index (κ2) is 5.71. The monoisotopic (exact) mass is 248 g/mol. The van der Waals surface area contributed by atoms with Crippen molar-refractivity contribution in [2.75, 3.05) is 5.75 Å². The van der Waals surface area contributed by atoms with Gasteiger partial charge in [-0.3, -0.25) is 11.3 Å². The number of hydrazine groups is 1. The quantitative estimate of drug-likeness (QED) is 0.478. The Morgan fingerprint density at radius 3 is 3.06 bits per heavy atom. The van der Waals surface area contributed by atoms with Crippen LogP contribution >= 0.6 is 11.8 Å². The molecule has 1 aromatic carbocycles. The van der Waals surface area contributed by atoms with E-state index in [-0.39, 0.29) is 0 Å². The molecule has 2 nitrogen and oxygen atoms in total. The van der Waals surface area contributed by atoms with E-state index >= 15 is 0 Å². The van der Waals surface area contributed by atoms with Crippen molar-refractivity contribution < 1.29 is 0 Å². The molecule has 0 amide bonds. The summed E-state index contributed by atoms with van der Waals surface area (Å²) in [6.45, 7) is 6.23. The minimum absolute atomic E-state index is 0.304. The predicted molar refractivity (Wildman–Crippen MR) is 75.1 cm³/mol. The van der Waals surface area contributed by atoms with Crippen molar-refractivity contribution in [3.05, 3.63) is 42.0 Å². The molecule has 2 unspecified atom stereocenters. The number of hydrogen-bond acceptors (Lipinski definition) is 3. The first kappa shape index (κ1) is 12.7. The van der Waals surface area contributed by atoms with Crippen LogP contribution in [0.4, 0.5) is 0 Å². The molecule has 0 fully saturated rings. The van der Waals surface area contributed by atoms with E-state index in [1.165, 1.54) is 16.0 Å². The van der Waals surface area contributed by atoms with Crippen LogP contribution in [0.1, 0.15) is 31.2 Å². The summed E-state index contributed by atoms with van der Waals surface area (Å²) in [4.78, 5) is 1.40. The molecule has 0 aromatic heterocycles. The zero-order valence-electron chi connectivity index (χ0n) is 10.3. The molecule has 0 radical (unpaired) electrons. The Labute approximate surface area is 108 Å². The fourth-order valence-corrected chi connectivity index (χ4v) is 3.63. The van der Waals surface area contributed by atoms with E-state index in [0.29, 0.717) is 12.0 Å².